The lowest BCUT2D eigenvalue weighted by Gasteiger charge is -2.14. The van der Waals surface area contributed by atoms with E-state index in [-0.39, 0.29) is 24.0 Å². The molecule has 0 atom stereocenters. The van der Waals surface area contributed by atoms with Crippen LogP contribution < -0.4 is 9.47 Å². The maximum atomic E-state index is 13.4. The van der Waals surface area contributed by atoms with Gasteiger partial charge in [-0.05, 0) is 82.6 Å². The average molecular weight is 543 g/mol. The Morgan fingerprint density at radius 2 is 1.94 bits per heavy atom. The molecule has 0 saturated carbocycles. The molecule has 0 radical (unpaired) electrons. The minimum atomic E-state index is -0.511. The van der Waals surface area contributed by atoms with E-state index in [1.165, 1.54) is 19.2 Å². The van der Waals surface area contributed by atoms with Gasteiger partial charge >= 0.3 is 5.97 Å². The standard InChI is InChI=1S/C25H19FINO4/c1-15-6-3-4-9-19(15)24-28-21(25(29)32-24)12-17-11-20(27)23(22(13-17)30-2)31-14-16-7-5-8-18(26)10-16/h3-13H,14H2,1-2H3/b21-12-. The molecule has 3 aromatic carbocycles. The van der Waals surface area contributed by atoms with Gasteiger partial charge in [0.25, 0.3) is 0 Å². The predicted molar refractivity (Wildman–Crippen MR) is 128 cm³/mol. The number of rotatable bonds is 6. The normalized spacial score (nSPS) is 14.3. The van der Waals surface area contributed by atoms with Crippen molar-refractivity contribution in [2.75, 3.05) is 7.11 Å². The van der Waals surface area contributed by atoms with Gasteiger partial charge in [-0.25, -0.2) is 14.2 Å². The first-order chi connectivity index (χ1) is 15.4. The van der Waals surface area contributed by atoms with Crippen molar-refractivity contribution < 1.29 is 23.4 Å². The van der Waals surface area contributed by atoms with Gasteiger partial charge in [0.1, 0.15) is 12.4 Å². The molecule has 0 saturated heterocycles. The van der Waals surface area contributed by atoms with E-state index in [1.807, 2.05) is 37.3 Å². The van der Waals surface area contributed by atoms with E-state index in [1.54, 1.807) is 24.3 Å². The number of ether oxygens (including phenoxy) is 3. The molecule has 0 fully saturated rings. The van der Waals surface area contributed by atoms with Crippen molar-refractivity contribution in [2.24, 2.45) is 4.99 Å². The second-order valence-electron chi connectivity index (χ2n) is 7.10. The quantitative estimate of drug-likeness (QED) is 0.229. The number of nitrogens with zero attached hydrogens (tertiary/aromatic N) is 1. The number of carbonyl (C=O) groups is 1. The number of halogens is 2. The third-order valence-electron chi connectivity index (χ3n) is 4.82. The topological polar surface area (TPSA) is 57.1 Å². The zero-order valence-electron chi connectivity index (χ0n) is 17.4. The summed E-state index contributed by atoms with van der Waals surface area (Å²) in [6, 6.07) is 17.4. The molecule has 0 N–H and O–H groups in total. The van der Waals surface area contributed by atoms with Crippen LogP contribution in [0.3, 0.4) is 0 Å². The SMILES string of the molecule is COc1cc(/C=C2\N=C(c3ccccc3C)OC2=O)cc(I)c1OCc1cccc(F)c1. The van der Waals surface area contributed by atoms with E-state index in [4.69, 9.17) is 14.2 Å². The molecule has 1 aliphatic heterocycles. The number of aliphatic imine (C=N–C) groups is 1. The molecule has 5 nitrogen and oxygen atoms in total. The highest BCUT2D eigenvalue weighted by Crippen LogP contribution is 2.35. The lowest BCUT2D eigenvalue weighted by Crippen LogP contribution is -2.06. The fourth-order valence-corrected chi connectivity index (χ4v) is 4.02. The molecule has 0 aliphatic carbocycles. The highest BCUT2D eigenvalue weighted by atomic mass is 127. The molecular formula is C25H19FINO4. The molecule has 0 bridgehead atoms. The summed E-state index contributed by atoms with van der Waals surface area (Å²) >= 11 is 2.13. The molecule has 1 heterocycles. The maximum absolute atomic E-state index is 13.4. The molecule has 0 unspecified atom stereocenters. The third kappa shape index (κ3) is 4.83. The molecule has 0 amide bonds. The van der Waals surface area contributed by atoms with Gasteiger partial charge in [0.05, 0.1) is 10.7 Å². The molecule has 7 heteroatoms. The zero-order chi connectivity index (χ0) is 22.7. The Balaban J connectivity index is 1.60. The Labute approximate surface area is 198 Å². The van der Waals surface area contributed by atoms with Crippen LogP contribution in [-0.2, 0) is 16.1 Å². The first-order valence-electron chi connectivity index (χ1n) is 9.78. The largest absolute Gasteiger partial charge is 0.493 e. The van der Waals surface area contributed by atoms with Crippen LogP contribution in [0.15, 0.2) is 71.4 Å². The van der Waals surface area contributed by atoms with Gasteiger partial charge in [0.15, 0.2) is 17.2 Å². The second kappa shape index (κ2) is 9.52. The molecule has 32 heavy (non-hydrogen) atoms. The molecule has 162 valence electrons. The fraction of sp³-hybridized carbons (Fsp3) is 0.120. The van der Waals surface area contributed by atoms with E-state index in [9.17, 15) is 9.18 Å². The third-order valence-corrected chi connectivity index (χ3v) is 5.62. The van der Waals surface area contributed by atoms with Crippen LogP contribution >= 0.6 is 22.6 Å². The highest BCUT2D eigenvalue weighted by Gasteiger charge is 2.25. The van der Waals surface area contributed by atoms with Gasteiger partial charge in [-0.2, -0.15) is 0 Å². The van der Waals surface area contributed by atoms with Gasteiger partial charge in [-0.1, -0.05) is 30.3 Å². The van der Waals surface area contributed by atoms with Gasteiger partial charge in [0.2, 0.25) is 5.90 Å². The second-order valence-corrected chi connectivity index (χ2v) is 8.27. The number of esters is 1. The molecule has 0 aromatic heterocycles. The van der Waals surface area contributed by atoms with E-state index < -0.39 is 5.97 Å². The number of carbonyl (C=O) groups excluding carboxylic acids is 1. The van der Waals surface area contributed by atoms with Crippen LogP contribution in [0.1, 0.15) is 22.3 Å². The summed E-state index contributed by atoms with van der Waals surface area (Å²) in [6.07, 6.45) is 1.65. The summed E-state index contributed by atoms with van der Waals surface area (Å²) < 4.78 is 31.0. The van der Waals surface area contributed by atoms with E-state index in [2.05, 4.69) is 27.6 Å². The van der Waals surface area contributed by atoms with Crippen molar-refractivity contribution in [1.82, 2.24) is 0 Å². The molecule has 1 aliphatic rings. The lowest BCUT2D eigenvalue weighted by atomic mass is 10.1. The summed E-state index contributed by atoms with van der Waals surface area (Å²) in [4.78, 5) is 16.8. The summed E-state index contributed by atoms with van der Waals surface area (Å²) in [6.45, 7) is 2.13. The molecular weight excluding hydrogens is 524 g/mol. The zero-order valence-corrected chi connectivity index (χ0v) is 19.6. The molecule has 0 spiro atoms. The number of cyclic esters (lactones) is 1. The Bertz CT molecular complexity index is 1250. The van der Waals surface area contributed by atoms with Crippen molar-refractivity contribution in [3.8, 4) is 11.5 Å². The summed E-state index contributed by atoms with van der Waals surface area (Å²) in [5.41, 5.74) is 3.37. The van der Waals surface area contributed by atoms with Crippen LogP contribution in [0.25, 0.3) is 6.08 Å². The fourth-order valence-electron chi connectivity index (χ4n) is 3.24. The number of aryl methyl sites for hydroxylation is 1. The van der Waals surface area contributed by atoms with Gasteiger partial charge < -0.3 is 14.2 Å². The predicted octanol–water partition coefficient (Wildman–Crippen LogP) is 5.67. The van der Waals surface area contributed by atoms with Crippen molar-refractivity contribution in [1.29, 1.82) is 0 Å². The van der Waals surface area contributed by atoms with Crippen LogP contribution in [-0.4, -0.2) is 19.0 Å². The van der Waals surface area contributed by atoms with Crippen molar-refractivity contribution in [3.63, 3.8) is 0 Å². The number of methoxy groups -OCH3 is 1. The van der Waals surface area contributed by atoms with E-state index in [0.717, 1.165) is 14.7 Å². The molecule has 3 aromatic rings. The number of hydrogen-bond acceptors (Lipinski definition) is 5. The van der Waals surface area contributed by atoms with Crippen molar-refractivity contribution in [3.05, 3.63) is 98.0 Å². The summed E-state index contributed by atoms with van der Waals surface area (Å²) in [5, 5.41) is 0. The maximum Gasteiger partial charge on any atom is 0.363 e. The minimum Gasteiger partial charge on any atom is -0.493 e. The Hall–Kier alpha value is -3.20. The first kappa shape index (κ1) is 22.0. The lowest BCUT2D eigenvalue weighted by molar-refractivity contribution is -0.129. The van der Waals surface area contributed by atoms with Crippen molar-refractivity contribution >= 4 is 40.5 Å². The minimum absolute atomic E-state index is 0.195. The first-order valence-corrected chi connectivity index (χ1v) is 10.9. The van der Waals surface area contributed by atoms with Gasteiger partial charge in [-0.15, -0.1) is 0 Å². The summed E-state index contributed by atoms with van der Waals surface area (Å²) in [7, 11) is 1.54. The van der Waals surface area contributed by atoms with Gasteiger partial charge in [-0.3, -0.25) is 0 Å². The van der Waals surface area contributed by atoms with Crippen LogP contribution in [0, 0.1) is 16.3 Å². The van der Waals surface area contributed by atoms with Crippen LogP contribution in [0.2, 0.25) is 0 Å². The number of benzene rings is 3. The van der Waals surface area contributed by atoms with E-state index >= 15 is 0 Å². The van der Waals surface area contributed by atoms with Crippen molar-refractivity contribution in [2.45, 2.75) is 13.5 Å². The highest BCUT2D eigenvalue weighted by molar-refractivity contribution is 14.1. The Morgan fingerprint density at radius 3 is 2.69 bits per heavy atom. The monoisotopic (exact) mass is 543 g/mol. The Kier molecular flexibility index (Phi) is 6.55. The Morgan fingerprint density at radius 1 is 1.12 bits per heavy atom. The average Bonchev–Trinajstić information content (AvgIpc) is 3.13. The van der Waals surface area contributed by atoms with E-state index in [0.29, 0.717) is 22.6 Å². The van der Waals surface area contributed by atoms with Crippen LogP contribution in [0.4, 0.5) is 4.39 Å². The van der Waals surface area contributed by atoms with Gasteiger partial charge in [0, 0.05) is 5.56 Å². The number of hydrogen-bond donors (Lipinski definition) is 0. The molecule has 4 rings (SSSR count). The summed E-state index contributed by atoms with van der Waals surface area (Å²) in [5.74, 6) is 0.496. The van der Waals surface area contributed by atoms with Crippen LogP contribution in [0.5, 0.6) is 11.5 Å². The smallest absolute Gasteiger partial charge is 0.363 e.